The van der Waals surface area contributed by atoms with Gasteiger partial charge in [0.2, 0.25) is 5.91 Å². The van der Waals surface area contributed by atoms with Crippen LogP contribution in [0, 0.1) is 0 Å². The maximum absolute atomic E-state index is 11.5. The number of urea groups is 1. The summed E-state index contributed by atoms with van der Waals surface area (Å²) in [6, 6.07) is 3.21. The lowest BCUT2D eigenvalue weighted by atomic mass is 10.4. The van der Waals surface area contributed by atoms with Crippen molar-refractivity contribution in [2.75, 3.05) is 25.0 Å². The van der Waals surface area contributed by atoms with Gasteiger partial charge in [-0.15, -0.1) is 0 Å². The molecule has 2 N–H and O–H groups in total. The van der Waals surface area contributed by atoms with Gasteiger partial charge in [0.25, 0.3) is 0 Å². The smallest absolute Gasteiger partial charge is 0.319 e. The number of anilines is 1. The summed E-state index contributed by atoms with van der Waals surface area (Å²) in [5.41, 5.74) is 0.710. The Balaban J connectivity index is 1.60. The molecular formula is C13H18N4O2. The highest BCUT2D eigenvalue weighted by molar-refractivity contribution is 5.89. The lowest BCUT2D eigenvalue weighted by Gasteiger charge is -2.15. The van der Waals surface area contributed by atoms with E-state index in [-0.39, 0.29) is 11.9 Å². The van der Waals surface area contributed by atoms with Crippen molar-refractivity contribution < 1.29 is 9.59 Å². The molecule has 6 heteroatoms. The number of nitrogens with one attached hydrogen (secondary N) is 2. The van der Waals surface area contributed by atoms with Crippen LogP contribution in [0.5, 0.6) is 0 Å². The maximum atomic E-state index is 11.5. The third-order valence-electron chi connectivity index (χ3n) is 3.00. The minimum Gasteiger partial charge on any atom is -0.343 e. The average molecular weight is 262 g/mol. The summed E-state index contributed by atoms with van der Waals surface area (Å²) >= 11 is 0. The number of likely N-dealkylation sites (tertiary alicyclic amines) is 1. The zero-order valence-electron chi connectivity index (χ0n) is 10.8. The molecule has 0 aromatic carbocycles. The van der Waals surface area contributed by atoms with E-state index in [4.69, 9.17) is 0 Å². The molecule has 0 atom stereocenters. The molecule has 0 radical (unpaired) electrons. The van der Waals surface area contributed by atoms with E-state index < -0.39 is 0 Å². The lowest BCUT2D eigenvalue weighted by Crippen LogP contribution is -2.32. The lowest BCUT2D eigenvalue weighted by molar-refractivity contribution is -0.127. The molecule has 2 rings (SSSR count). The molecule has 1 saturated heterocycles. The minimum atomic E-state index is -0.237. The van der Waals surface area contributed by atoms with E-state index in [1.54, 1.807) is 24.5 Å². The standard InChI is InChI=1S/C13H18N4O2/c18-12-3-1-9-17(12)10-2-6-15-13(19)16-11-4-7-14-8-5-11/h4-5,7-8H,1-3,6,9-10H2,(H2,14,15,16,19). The van der Waals surface area contributed by atoms with Crippen LogP contribution >= 0.6 is 0 Å². The van der Waals surface area contributed by atoms with E-state index >= 15 is 0 Å². The molecule has 0 saturated carbocycles. The van der Waals surface area contributed by atoms with Crippen LogP contribution in [0.1, 0.15) is 19.3 Å². The largest absolute Gasteiger partial charge is 0.343 e. The molecule has 6 nitrogen and oxygen atoms in total. The van der Waals surface area contributed by atoms with Crippen LogP contribution in [0.2, 0.25) is 0 Å². The number of amides is 3. The van der Waals surface area contributed by atoms with Crippen molar-refractivity contribution in [2.45, 2.75) is 19.3 Å². The summed E-state index contributed by atoms with van der Waals surface area (Å²) in [7, 11) is 0. The molecule has 0 spiro atoms. The van der Waals surface area contributed by atoms with Crippen molar-refractivity contribution in [3.05, 3.63) is 24.5 Å². The van der Waals surface area contributed by atoms with E-state index in [1.807, 2.05) is 4.90 Å². The second-order valence-electron chi connectivity index (χ2n) is 4.45. The van der Waals surface area contributed by atoms with Crippen molar-refractivity contribution in [1.29, 1.82) is 0 Å². The van der Waals surface area contributed by atoms with E-state index in [0.717, 1.165) is 19.4 Å². The Morgan fingerprint density at radius 2 is 2.16 bits per heavy atom. The fourth-order valence-corrected chi connectivity index (χ4v) is 2.02. The highest BCUT2D eigenvalue weighted by Gasteiger charge is 2.18. The molecule has 19 heavy (non-hydrogen) atoms. The van der Waals surface area contributed by atoms with Gasteiger partial charge in [-0.3, -0.25) is 9.78 Å². The molecule has 3 amide bonds. The zero-order valence-corrected chi connectivity index (χ0v) is 10.8. The summed E-state index contributed by atoms with van der Waals surface area (Å²) in [6.45, 7) is 2.12. The van der Waals surface area contributed by atoms with Crippen LogP contribution < -0.4 is 10.6 Å². The number of aromatic nitrogens is 1. The zero-order chi connectivity index (χ0) is 13.5. The van der Waals surface area contributed by atoms with E-state index in [1.165, 1.54) is 0 Å². The summed E-state index contributed by atoms with van der Waals surface area (Å²) in [4.78, 5) is 28.6. The second kappa shape index (κ2) is 6.72. The number of carbonyl (C=O) groups excluding carboxylic acids is 2. The minimum absolute atomic E-state index is 0.223. The monoisotopic (exact) mass is 262 g/mol. The van der Waals surface area contributed by atoms with Gasteiger partial charge in [0.15, 0.2) is 0 Å². The van der Waals surface area contributed by atoms with Crippen LogP contribution in [0.25, 0.3) is 0 Å². The number of pyridine rings is 1. The van der Waals surface area contributed by atoms with Gasteiger partial charge < -0.3 is 15.5 Å². The van der Waals surface area contributed by atoms with Crippen LogP contribution in [0.15, 0.2) is 24.5 Å². The summed E-state index contributed by atoms with van der Waals surface area (Å²) in [6.07, 6.45) is 5.63. The first-order valence-corrected chi connectivity index (χ1v) is 6.48. The summed E-state index contributed by atoms with van der Waals surface area (Å²) < 4.78 is 0. The highest BCUT2D eigenvalue weighted by atomic mass is 16.2. The Morgan fingerprint density at radius 3 is 2.84 bits per heavy atom. The van der Waals surface area contributed by atoms with Gasteiger partial charge in [-0.2, -0.15) is 0 Å². The first-order valence-electron chi connectivity index (χ1n) is 6.48. The van der Waals surface area contributed by atoms with Crippen molar-refractivity contribution in [1.82, 2.24) is 15.2 Å². The molecule has 0 unspecified atom stereocenters. The van der Waals surface area contributed by atoms with Crippen LogP contribution in [0.3, 0.4) is 0 Å². The van der Waals surface area contributed by atoms with Crippen LogP contribution in [-0.2, 0) is 4.79 Å². The summed E-state index contributed by atoms with van der Waals surface area (Å²) in [5, 5.41) is 5.47. The van der Waals surface area contributed by atoms with E-state index in [9.17, 15) is 9.59 Å². The Bertz CT molecular complexity index is 436. The summed E-state index contributed by atoms with van der Waals surface area (Å²) in [5.74, 6) is 0.223. The maximum Gasteiger partial charge on any atom is 0.319 e. The van der Waals surface area contributed by atoms with Crippen LogP contribution in [-0.4, -0.2) is 41.5 Å². The number of carbonyl (C=O) groups is 2. The Kier molecular flexibility index (Phi) is 4.72. The average Bonchev–Trinajstić information content (AvgIpc) is 2.81. The third kappa shape index (κ3) is 4.24. The predicted octanol–water partition coefficient (Wildman–Crippen LogP) is 1.22. The van der Waals surface area contributed by atoms with Gasteiger partial charge in [0, 0.05) is 44.1 Å². The van der Waals surface area contributed by atoms with Crippen molar-refractivity contribution in [2.24, 2.45) is 0 Å². The molecule has 102 valence electrons. The Morgan fingerprint density at radius 1 is 1.37 bits per heavy atom. The number of hydrogen-bond donors (Lipinski definition) is 2. The third-order valence-corrected chi connectivity index (χ3v) is 3.00. The van der Waals surface area contributed by atoms with Gasteiger partial charge in [0.05, 0.1) is 0 Å². The Labute approximate surface area is 112 Å². The first-order chi connectivity index (χ1) is 9.25. The van der Waals surface area contributed by atoms with Crippen molar-refractivity contribution in [3.63, 3.8) is 0 Å². The highest BCUT2D eigenvalue weighted by Crippen LogP contribution is 2.09. The molecule has 1 aliphatic rings. The van der Waals surface area contributed by atoms with E-state index in [0.29, 0.717) is 25.2 Å². The van der Waals surface area contributed by atoms with Gasteiger partial charge in [-0.25, -0.2) is 4.79 Å². The molecule has 0 aliphatic carbocycles. The number of rotatable bonds is 5. The molecule has 0 bridgehead atoms. The predicted molar refractivity (Wildman–Crippen MR) is 71.7 cm³/mol. The second-order valence-corrected chi connectivity index (χ2v) is 4.45. The number of hydrogen-bond acceptors (Lipinski definition) is 3. The molecule has 1 aromatic rings. The molecular weight excluding hydrogens is 244 g/mol. The van der Waals surface area contributed by atoms with Gasteiger partial charge >= 0.3 is 6.03 Å². The molecule has 1 aromatic heterocycles. The molecule has 2 heterocycles. The van der Waals surface area contributed by atoms with Crippen molar-refractivity contribution >= 4 is 17.6 Å². The fraction of sp³-hybridized carbons (Fsp3) is 0.462. The Hall–Kier alpha value is -2.11. The SMILES string of the molecule is O=C(NCCCN1CCCC1=O)Nc1ccncc1. The normalized spacial score (nSPS) is 14.5. The van der Waals surface area contributed by atoms with Gasteiger partial charge in [-0.1, -0.05) is 0 Å². The van der Waals surface area contributed by atoms with E-state index in [2.05, 4.69) is 15.6 Å². The number of nitrogens with zero attached hydrogens (tertiary/aromatic N) is 2. The quantitative estimate of drug-likeness (QED) is 0.783. The first kappa shape index (κ1) is 13.3. The molecule has 1 aliphatic heterocycles. The van der Waals surface area contributed by atoms with Gasteiger partial charge in [0.1, 0.15) is 0 Å². The van der Waals surface area contributed by atoms with Crippen LogP contribution in [0.4, 0.5) is 10.5 Å². The topological polar surface area (TPSA) is 74.3 Å². The molecule has 1 fully saturated rings. The van der Waals surface area contributed by atoms with Crippen molar-refractivity contribution in [3.8, 4) is 0 Å². The van der Waals surface area contributed by atoms with Gasteiger partial charge in [-0.05, 0) is 25.0 Å². The fourth-order valence-electron chi connectivity index (χ4n) is 2.02.